The third kappa shape index (κ3) is 3.69. The normalized spacial score (nSPS) is 11.0. The molecule has 8 heteroatoms. The van der Waals surface area contributed by atoms with Gasteiger partial charge >= 0.3 is 0 Å². The number of phenols is 1. The Kier molecular flexibility index (Phi) is 4.08. The Hall–Kier alpha value is -2.61. The van der Waals surface area contributed by atoms with Crippen LogP contribution in [0.15, 0.2) is 48.5 Å². The second-order valence-electron chi connectivity index (χ2n) is 4.28. The van der Waals surface area contributed by atoms with E-state index in [0.717, 1.165) is 6.07 Å². The van der Waals surface area contributed by atoms with Gasteiger partial charge in [-0.3, -0.25) is 14.8 Å². The molecule has 2 rings (SSSR count). The van der Waals surface area contributed by atoms with Crippen molar-refractivity contribution < 1.29 is 18.4 Å². The minimum atomic E-state index is -3.88. The quantitative estimate of drug-likeness (QED) is 0.500. The largest absolute Gasteiger partial charge is 0.505 e. The van der Waals surface area contributed by atoms with Gasteiger partial charge in [-0.15, -0.1) is 0 Å². The maximum atomic E-state index is 12.1. The number of para-hydroxylation sites is 1. The summed E-state index contributed by atoms with van der Waals surface area (Å²) >= 11 is 0. The van der Waals surface area contributed by atoms with E-state index in [9.17, 15) is 23.6 Å². The average molecular weight is 308 g/mol. The van der Waals surface area contributed by atoms with Gasteiger partial charge in [0.1, 0.15) is 5.75 Å². The molecule has 0 saturated heterocycles. The van der Waals surface area contributed by atoms with Crippen molar-refractivity contribution in [1.29, 1.82) is 0 Å². The highest BCUT2D eigenvalue weighted by Gasteiger charge is 2.22. The van der Waals surface area contributed by atoms with Crippen molar-refractivity contribution in [1.82, 2.24) is 0 Å². The number of anilines is 1. The molecule has 0 aliphatic rings. The molecule has 0 spiro atoms. The number of rotatable bonds is 5. The van der Waals surface area contributed by atoms with Crippen molar-refractivity contribution in [3.63, 3.8) is 0 Å². The van der Waals surface area contributed by atoms with Crippen LogP contribution in [0.25, 0.3) is 0 Å². The molecule has 0 bridgehead atoms. The SMILES string of the molecule is O=[N+]([O-])c1cccc(O)c1NS(=O)(=O)Cc1ccccc1. The van der Waals surface area contributed by atoms with Crippen molar-refractivity contribution >= 4 is 21.4 Å². The average Bonchev–Trinajstić information content (AvgIpc) is 2.41. The first-order chi connectivity index (χ1) is 9.89. The fourth-order valence-corrected chi connectivity index (χ4v) is 2.99. The summed E-state index contributed by atoms with van der Waals surface area (Å²) in [5.74, 6) is -0.847. The number of nitro benzene ring substituents is 1. The molecule has 0 aliphatic carbocycles. The molecule has 0 fully saturated rings. The van der Waals surface area contributed by atoms with Crippen LogP contribution < -0.4 is 4.72 Å². The minimum Gasteiger partial charge on any atom is -0.505 e. The topological polar surface area (TPSA) is 110 Å². The molecule has 110 valence electrons. The highest BCUT2D eigenvalue weighted by molar-refractivity contribution is 7.91. The predicted molar refractivity (Wildman–Crippen MR) is 77.4 cm³/mol. The lowest BCUT2D eigenvalue weighted by Gasteiger charge is -2.09. The second kappa shape index (κ2) is 5.80. The van der Waals surface area contributed by atoms with Gasteiger partial charge in [0, 0.05) is 6.07 Å². The van der Waals surface area contributed by atoms with Gasteiger partial charge in [-0.05, 0) is 11.6 Å². The van der Waals surface area contributed by atoms with Crippen molar-refractivity contribution in [3.05, 3.63) is 64.2 Å². The summed E-state index contributed by atoms with van der Waals surface area (Å²) < 4.78 is 26.2. The van der Waals surface area contributed by atoms with Gasteiger partial charge in [0.2, 0.25) is 10.0 Å². The summed E-state index contributed by atoms with van der Waals surface area (Å²) in [6, 6.07) is 11.9. The summed E-state index contributed by atoms with van der Waals surface area (Å²) in [6.45, 7) is 0. The van der Waals surface area contributed by atoms with E-state index < -0.39 is 32.1 Å². The van der Waals surface area contributed by atoms with Gasteiger partial charge in [0.05, 0.1) is 10.7 Å². The van der Waals surface area contributed by atoms with Crippen molar-refractivity contribution in [2.45, 2.75) is 5.75 Å². The molecular weight excluding hydrogens is 296 g/mol. The van der Waals surface area contributed by atoms with Gasteiger partial charge in [0.15, 0.2) is 5.69 Å². The Morgan fingerprint density at radius 3 is 2.38 bits per heavy atom. The second-order valence-corrected chi connectivity index (χ2v) is 6.00. The minimum absolute atomic E-state index is 0.348. The van der Waals surface area contributed by atoms with Crippen LogP contribution >= 0.6 is 0 Å². The Balaban J connectivity index is 2.31. The highest BCUT2D eigenvalue weighted by atomic mass is 32.2. The van der Waals surface area contributed by atoms with Gasteiger partial charge in [-0.2, -0.15) is 0 Å². The predicted octanol–water partition coefficient (Wildman–Crippen LogP) is 2.24. The first-order valence-corrected chi connectivity index (χ1v) is 7.55. The maximum absolute atomic E-state index is 12.1. The van der Waals surface area contributed by atoms with Crippen LogP contribution in [0.4, 0.5) is 11.4 Å². The van der Waals surface area contributed by atoms with E-state index in [1.807, 2.05) is 0 Å². The molecule has 21 heavy (non-hydrogen) atoms. The molecule has 0 saturated carbocycles. The lowest BCUT2D eigenvalue weighted by atomic mass is 10.2. The summed E-state index contributed by atoms with van der Waals surface area (Å²) in [4.78, 5) is 10.1. The third-order valence-electron chi connectivity index (χ3n) is 2.67. The van der Waals surface area contributed by atoms with Crippen LogP contribution in [0, 0.1) is 10.1 Å². The molecule has 0 atom stereocenters. The Bertz CT molecular complexity index is 759. The first kappa shape index (κ1) is 14.8. The zero-order valence-electron chi connectivity index (χ0n) is 10.8. The van der Waals surface area contributed by atoms with E-state index in [2.05, 4.69) is 4.72 Å². The number of nitrogens with one attached hydrogen (secondary N) is 1. The summed E-state index contributed by atoms with van der Waals surface area (Å²) in [7, 11) is -3.88. The number of aromatic hydroxyl groups is 1. The summed E-state index contributed by atoms with van der Waals surface area (Å²) in [5, 5.41) is 20.5. The lowest BCUT2D eigenvalue weighted by molar-refractivity contribution is -0.383. The fraction of sp³-hybridized carbons (Fsp3) is 0.0769. The number of hydrogen-bond acceptors (Lipinski definition) is 5. The zero-order chi connectivity index (χ0) is 15.5. The number of benzene rings is 2. The molecule has 0 heterocycles. The zero-order valence-corrected chi connectivity index (χ0v) is 11.6. The fourth-order valence-electron chi connectivity index (χ4n) is 1.77. The van der Waals surface area contributed by atoms with Crippen molar-refractivity contribution in [2.24, 2.45) is 0 Å². The molecule has 2 aromatic carbocycles. The van der Waals surface area contributed by atoms with Crippen molar-refractivity contribution in [2.75, 3.05) is 4.72 Å². The molecule has 0 amide bonds. The summed E-state index contributed by atoms with van der Waals surface area (Å²) in [6.07, 6.45) is 0. The molecule has 0 unspecified atom stereocenters. The Labute approximate surface area is 121 Å². The van der Waals surface area contributed by atoms with Crippen LogP contribution in [0.5, 0.6) is 5.75 Å². The van der Waals surface area contributed by atoms with E-state index in [1.54, 1.807) is 30.3 Å². The van der Waals surface area contributed by atoms with Crippen LogP contribution in [-0.2, 0) is 15.8 Å². The molecule has 2 aromatic rings. The van der Waals surface area contributed by atoms with Crippen LogP contribution in [0.1, 0.15) is 5.56 Å². The van der Waals surface area contributed by atoms with Gasteiger partial charge < -0.3 is 5.11 Å². The number of nitro groups is 1. The van der Waals surface area contributed by atoms with Crippen molar-refractivity contribution in [3.8, 4) is 5.75 Å². The Morgan fingerprint density at radius 1 is 1.10 bits per heavy atom. The Morgan fingerprint density at radius 2 is 1.76 bits per heavy atom. The molecule has 0 radical (unpaired) electrons. The molecule has 2 N–H and O–H groups in total. The van der Waals surface area contributed by atoms with E-state index in [1.165, 1.54) is 12.1 Å². The number of nitrogens with zero attached hydrogens (tertiary/aromatic N) is 1. The van der Waals surface area contributed by atoms with Gasteiger partial charge in [-0.25, -0.2) is 8.42 Å². The van der Waals surface area contributed by atoms with Gasteiger partial charge in [-0.1, -0.05) is 36.4 Å². The maximum Gasteiger partial charge on any atom is 0.297 e. The van der Waals surface area contributed by atoms with Crippen LogP contribution in [0.2, 0.25) is 0 Å². The molecule has 7 nitrogen and oxygen atoms in total. The lowest BCUT2D eigenvalue weighted by Crippen LogP contribution is -2.16. The third-order valence-corrected chi connectivity index (χ3v) is 3.90. The van der Waals surface area contributed by atoms with Crippen LogP contribution in [0.3, 0.4) is 0 Å². The van der Waals surface area contributed by atoms with Gasteiger partial charge in [0.25, 0.3) is 5.69 Å². The number of phenolic OH excluding ortho intramolecular Hbond substituents is 1. The van der Waals surface area contributed by atoms with E-state index in [4.69, 9.17) is 0 Å². The monoisotopic (exact) mass is 308 g/mol. The summed E-state index contributed by atoms with van der Waals surface area (Å²) in [5.41, 5.74) is -0.409. The standard InChI is InChI=1S/C13H12N2O5S/c16-12-8-4-7-11(15(17)18)13(12)14-21(19,20)9-10-5-2-1-3-6-10/h1-8,14,16H,9H2. The first-order valence-electron chi connectivity index (χ1n) is 5.90. The molecule has 0 aromatic heterocycles. The van der Waals surface area contributed by atoms with Crippen LogP contribution in [-0.4, -0.2) is 18.4 Å². The molecular formula is C13H12N2O5S. The highest BCUT2D eigenvalue weighted by Crippen LogP contribution is 2.34. The van der Waals surface area contributed by atoms with E-state index in [0.29, 0.717) is 5.56 Å². The number of sulfonamides is 1. The smallest absolute Gasteiger partial charge is 0.297 e. The van der Waals surface area contributed by atoms with E-state index in [-0.39, 0.29) is 5.75 Å². The number of hydrogen-bond donors (Lipinski definition) is 2. The van der Waals surface area contributed by atoms with E-state index >= 15 is 0 Å². The molecule has 0 aliphatic heterocycles.